The molecule has 0 amide bonds. The van der Waals surface area contributed by atoms with E-state index in [1.165, 1.54) is 12.1 Å². The first-order valence-corrected chi connectivity index (χ1v) is 12.7. The van der Waals surface area contributed by atoms with Gasteiger partial charge in [0.1, 0.15) is 11.6 Å². The first-order chi connectivity index (χ1) is 17.1. The number of likely N-dealkylation sites (tertiary alicyclic amines) is 1. The minimum atomic E-state index is -1.12. The average molecular weight is 522 g/mol. The smallest absolute Gasteiger partial charge is 0.328 e. The maximum Gasteiger partial charge on any atom is 0.328 e. The number of benzene rings is 2. The van der Waals surface area contributed by atoms with E-state index in [0.29, 0.717) is 41.6 Å². The molecule has 1 aliphatic heterocycles. The van der Waals surface area contributed by atoms with Crippen LogP contribution >= 0.6 is 11.6 Å². The van der Waals surface area contributed by atoms with Crippen molar-refractivity contribution in [2.75, 3.05) is 19.7 Å². The first-order valence-electron chi connectivity index (χ1n) is 12.3. The zero-order valence-electron chi connectivity index (χ0n) is 20.9. The SMILES string of the molecule is CC/C(=C\C(=O)O)c1cc(F)c(Cl)cc1[C@@H](C)OC[C@@H](O)CN1CCC[C@H]1Cc1ccc(C)c(F)c1. The van der Waals surface area contributed by atoms with Crippen LogP contribution in [0.4, 0.5) is 8.78 Å². The van der Waals surface area contributed by atoms with Crippen LogP contribution in [0, 0.1) is 18.6 Å². The molecule has 0 aromatic heterocycles. The van der Waals surface area contributed by atoms with Crippen LogP contribution in [0.5, 0.6) is 0 Å². The van der Waals surface area contributed by atoms with Gasteiger partial charge < -0.3 is 14.9 Å². The zero-order chi connectivity index (χ0) is 26.4. The zero-order valence-corrected chi connectivity index (χ0v) is 21.7. The lowest BCUT2D eigenvalue weighted by atomic mass is 9.94. The van der Waals surface area contributed by atoms with E-state index in [9.17, 15) is 23.8 Å². The molecule has 0 unspecified atom stereocenters. The number of carboxylic acids is 1. The number of aliphatic hydroxyl groups is 1. The largest absolute Gasteiger partial charge is 0.478 e. The minimum absolute atomic E-state index is 0.0437. The Bertz CT molecular complexity index is 1110. The lowest BCUT2D eigenvalue weighted by molar-refractivity contribution is -0.131. The fraction of sp³-hybridized carbons (Fsp3) is 0.464. The molecule has 1 aliphatic rings. The number of nitrogens with zero attached hydrogens (tertiary/aromatic N) is 1. The molecule has 196 valence electrons. The standard InChI is InChI=1S/C28H34ClF2NO4/c1-4-20(12-28(34)35)24-14-27(31)25(29)13-23(24)18(3)36-16-22(33)15-32-9-5-6-21(32)10-19-8-7-17(2)26(30)11-19/h7-8,11-14,18,21-22,33H,4-6,9-10,15-16H2,1-3H3,(H,34,35)/b20-12+/t18-,21+,22+/m1/s1. The van der Waals surface area contributed by atoms with Crippen LogP contribution in [-0.4, -0.2) is 52.9 Å². The number of hydrogen-bond acceptors (Lipinski definition) is 4. The molecular formula is C28H34ClF2NO4. The van der Waals surface area contributed by atoms with E-state index in [1.54, 1.807) is 32.9 Å². The van der Waals surface area contributed by atoms with E-state index in [1.807, 2.05) is 6.07 Å². The molecule has 1 saturated heterocycles. The number of ether oxygens (including phenoxy) is 1. The molecule has 5 nitrogen and oxygen atoms in total. The highest BCUT2D eigenvalue weighted by Crippen LogP contribution is 2.33. The Labute approximate surface area is 216 Å². The van der Waals surface area contributed by atoms with Gasteiger partial charge in [0.15, 0.2) is 0 Å². The van der Waals surface area contributed by atoms with Gasteiger partial charge in [-0.1, -0.05) is 30.7 Å². The van der Waals surface area contributed by atoms with Gasteiger partial charge in [-0.15, -0.1) is 0 Å². The Morgan fingerprint density at radius 1 is 1.28 bits per heavy atom. The van der Waals surface area contributed by atoms with Crippen LogP contribution in [0.3, 0.4) is 0 Å². The van der Waals surface area contributed by atoms with Crippen molar-refractivity contribution >= 4 is 23.1 Å². The summed E-state index contributed by atoms with van der Waals surface area (Å²) in [6.07, 6.45) is 2.83. The topological polar surface area (TPSA) is 70.0 Å². The summed E-state index contributed by atoms with van der Waals surface area (Å²) in [6.45, 7) is 6.61. The van der Waals surface area contributed by atoms with Crippen molar-refractivity contribution in [1.82, 2.24) is 4.90 Å². The number of allylic oxidation sites excluding steroid dienone is 1. The monoisotopic (exact) mass is 521 g/mol. The van der Waals surface area contributed by atoms with Crippen LogP contribution in [0.2, 0.25) is 5.02 Å². The summed E-state index contributed by atoms with van der Waals surface area (Å²) in [4.78, 5) is 13.5. The second-order valence-electron chi connectivity index (χ2n) is 9.42. The lowest BCUT2D eigenvalue weighted by Crippen LogP contribution is -2.39. The fourth-order valence-electron chi connectivity index (χ4n) is 4.77. The Balaban J connectivity index is 1.64. The van der Waals surface area contributed by atoms with E-state index >= 15 is 0 Å². The number of β-amino-alcohol motifs (C(OH)–C–C–N with tert-alkyl or cyclic N) is 1. The lowest BCUT2D eigenvalue weighted by Gasteiger charge is -2.28. The van der Waals surface area contributed by atoms with Gasteiger partial charge in [0.2, 0.25) is 0 Å². The maximum atomic E-state index is 14.2. The molecule has 2 aromatic rings. The highest BCUT2D eigenvalue weighted by molar-refractivity contribution is 6.30. The molecule has 0 aliphatic carbocycles. The number of carboxylic acid groups (broad SMARTS) is 1. The summed E-state index contributed by atoms with van der Waals surface area (Å²) >= 11 is 6.01. The summed E-state index contributed by atoms with van der Waals surface area (Å²) in [6, 6.07) is 8.22. The molecule has 8 heteroatoms. The molecule has 36 heavy (non-hydrogen) atoms. The summed E-state index contributed by atoms with van der Waals surface area (Å²) < 4.78 is 34.1. The van der Waals surface area contributed by atoms with Gasteiger partial charge in [0, 0.05) is 18.7 Å². The summed E-state index contributed by atoms with van der Waals surface area (Å²) in [5.41, 5.74) is 3.00. The maximum absolute atomic E-state index is 14.2. The predicted octanol–water partition coefficient (Wildman–Crippen LogP) is 5.95. The molecule has 3 rings (SSSR count). The molecular weight excluding hydrogens is 488 g/mol. The molecule has 0 bridgehead atoms. The molecule has 2 aromatic carbocycles. The van der Waals surface area contributed by atoms with Crippen LogP contribution in [0.25, 0.3) is 5.57 Å². The number of aliphatic carboxylic acids is 1. The van der Waals surface area contributed by atoms with Crippen molar-refractivity contribution in [3.63, 3.8) is 0 Å². The number of aliphatic hydroxyl groups excluding tert-OH is 1. The number of carbonyl (C=O) groups is 1. The van der Waals surface area contributed by atoms with Gasteiger partial charge in [-0.3, -0.25) is 4.90 Å². The Morgan fingerprint density at radius 2 is 2.03 bits per heavy atom. The Hall–Kier alpha value is -2.32. The highest BCUT2D eigenvalue weighted by Gasteiger charge is 2.27. The molecule has 3 atom stereocenters. The van der Waals surface area contributed by atoms with Crippen molar-refractivity contribution in [3.8, 4) is 0 Å². The molecule has 1 fully saturated rings. The number of halogens is 3. The third-order valence-corrected chi connectivity index (χ3v) is 7.04. The van der Waals surface area contributed by atoms with Gasteiger partial charge in [-0.2, -0.15) is 0 Å². The van der Waals surface area contributed by atoms with Crippen molar-refractivity contribution in [2.24, 2.45) is 0 Å². The number of rotatable bonds is 11. The third-order valence-electron chi connectivity index (χ3n) is 6.75. The third kappa shape index (κ3) is 7.35. The summed E-state index contributed by atoms with van der Waals surface area (Å²) in [5, 5.41) is 19.8. The highest BCUT2D eigenvalue weighted by atomic mass is 35.5. The second kappa shape index (κ2) is 12.8. The Kier molecular flexibility index (Phi) is 10.0. The summed E-state index contributed by atoms with van der Waals surface area (Å²) in [5.74, 6) is -1.96. The van der Waals surface area contributed by atoms with Gasteiger partial charge in [0.25, 0.3) is 0 Å². The fourth-order valence-corrected chi connectivity index (χ4v) is 4.94. The first kappa shape index (κ1) is 28.3. The molecule has 1 heterocycles. The van der Waals surface area contributed by atoms with Crippen molar-refractivity contribution in [2.45, 2.75) is 64.7 Å². The molecule has 0 saturated carbocycles. The summed E-state index contributed by atoms with van der Waals surface area (Å²) in [7, 11) is 0. The van der Waals surface area contributed by atoms with Gasteiger partial charge in [-0.05, 0) is 92.1 Å². The minimum Gasteiger partial charge on any atom is -0.478 e. The van der Waals surface area contributed by atoms with E-state index in [0.717, 1.165) is 31.0 Å². The van der Waals surface area contributed by atoms with Crippen LogP contribution in [-0.2, 0) is 16.0 Å². The normalized spacial score (nSPS) is 18.4. The number of aryl methyl sites for hydroxylation is 1. The van der Waals surface area contributed by atoms with Gasteiger partial charge >= 0.3 is 5.97 Å². The van der Waals surface area contributed by atoms with Crippen molar-refractivity contribution in [1.29, 1.82) is 0 Å². The van der Waals surface area contributed by atoms with E-state index in [4.69, 9.17) is 16.3 Å². The average Bonchev–Trinajstić information content (AvgIpc) is 3.25. The molecule has 0 radical (unpaired) electrons. The van der Waals surface area contributed by atoms with E-state index < -0.39 is 24.0 Å². The predicted molar refractivity (Wildman–Crippen MR) is 137 cm³/mol. The van der Waals surface area contributed by atoms with Crippen LogP contribution in [0.1, 0.15) is 61.5 Å². The van der Waals surface area contributed by atoms with Gasteiger partial charge in [-0.25, -0.2) is 13.6 Å². The quantitative estimate of drug-likeness (QED) is 0.358. The van der Waals surface area contributed by atoms with Crippen molar-refractivity contribution < 1.29 is 28.5 Å². The molecule has 2 N–H and O–H groups in total. The van der Waals surface area contributed by atoms with Crippen LogP contribution in [0.15, 0.2) is 36.4 Å². The van der Waals surface area contributed by atoms with E-state index in [2.05, 4.69) is 4.90 Å². The Morgan fingerprint density at radius 3 is 2.69 bits per heavy atom. The van der Waals surface area contributed by atoms with Crippen molar-refractivity contribution in [3.05, 3.63) is 75.3 Å². The van der Waals surface area contributed by atoms with E-state index in [-0.39, 0.29) is 23.5 Å². The number of hydrogen-bond donors (Lipinski definition) is 2. The van der Waals surface area contributed by atoms with Gasteiger partial charge in [0.05, 0.1) is 23.8 Å². The second-order valence-corrected chi connectivity index (χ2v) is 9.83. The van der Waals surface area contributed by atoms with Crippen LogP contribution < -0.4 is 0 Å². The molecule has 0 spiro atoms.